The summed E-state index contributed by atoms with van der Waals surface area (Å²) in [5, 5.41) is 9.59. The molecule has 1 aromatic rings. The van der Waals surface area contributed by atoms with E-state index in [1.54, 1.807) is 4.90 Å². The number of nitrogens with zero attached hydrogens (tertiary/aromatic N) is 5. The van der Waals surface area contributed by atoms with E-state index in [4.69, 9.17) is 4.52 Å². The number of carbonyl (C=O) groups is 2. The first-order valence-electron chi connectivity index (χ1n) is 8.15. The van der Waals surface area contributed by atoms with Crippen LogP contribution in [0.15, 0.2) is 9.62 Å². The molecule has 0 spiro atoms. The monoisotopic (exact) mass is 319 g/mol. The first-order valence-corrected chi connectivity index (χ1v) is 8.15. The molecular weight excluding hydrogens is 298 g/mol. The van der Waals surface area contributed by atoms with Gasteiger partial charge in [0.2, 0.25) is 11.8 Å². The Labute approximate surface area is 134 Å². The van der Waals surface area contributed by atoms with Gasteiger partial charge in [-0.05, 0) is 19.8 Å². The standard InChI is InChI=1S/C15H21N5O3/c1-3-12-16-14(18-23-12)11-6-5-9-19(11)15(22)10-7-8-13(21)20(4-2)17-10/h11H,3-9H2,1-2H3/t11-/m1/s1. The van der Waals surface area contributed by atoms with E-state index in [1.807, 2.05) is 13.8 Å². The van der Waals surface area contributed by atoms with Gasteiger partial charge < -0.3 is 9.42 Å². The molecule has 0 bridgehead atoms. The fraction of sp³-hybridized carbons (Fsp3) is 0.667. The van der Waals surface area contributed by atoms with Crippen molar-refractivity contribution in [1.82, 2.24) is 20.0 Å². The van der Waals surface area contributed by atoms with Crippen LogP contribution in [0.25, 0.3) is 0 Å². The van der Waals surface area contributed by atoms with Crippen molar-refractivity contribution in [3.63, 3.8) is 0 Å². The molecule has 1 atom stereocenters. The van der Waals surface area contributed by atoms with Crippen LogP contribution < -0.4 is 0 Å². The van der Waals surface area contributed by atoms with Crippen molar-refractivity contribution < 1.29 is 14.1 Å². The molecule has 2 amide bonds. The van der Waals surface area contributed by atoms with Gasteiger partial charge >= 0.3 is 0 Å². The zero-order valence-electron chi connectivity index (χ0n) is 13.5. The summed E-state index contributed by atoms with van der Waals surface area (Å²) < 4.78 is 5.17. The molecule has 124 valence electrons. The summed E-state index contributed by atoms with van der Waals surface area (Å²) >= 11 is 0. The number of aryl methyl sites for hydroxylation is 1. The van der Waals surface area contributed by atoms with Crippen LogP contribution in [0.5, 0.6) is 0 Å². The van der Waals surface area contributed by atoms with Crippen LogP contribution in [0.2, 0.25) is 0 Å². The number of carbonyl (C=O) groups excluding carboxylic acids is 2. The summed E-state index contributed by atoms with van der Waals surface area (Å²) in [6, 6.07) is -0.165. The van der Waals surface area contributed by atoms with Crippen LogP contribution in [0.4, 0.5) is 0 Å². The Balaban J connectivity index is 1.79. The highest BCUT2D eigenvalue weighted by atomic mass is 16.5. The summed E-state index contributed by atoms with van der Waals surface area (Å²) in [5.41, 5.74) is 0.442. The molecule has 23 heavy (non-hydrogen) atoms. The van der Waals surface area contributed by atoms with Crippen molar-refractivity contribution in [3.05, 3.63) is 11.7 Å². The van der Waals surface area contributed by atoms with Crippen LogP contribution in [0.1, 0.15) is 57.3 Å². The molecule has 0 saturated carbocycles. The highest BCUT2D eigenvalue weighted by Crippen LogP contribution is 2.31. The van der Waals surface area contributed by atoms with E-state index in [9.17, 15) is 9.59 Å². The number of amides is 2. The van der Waals surface area contributed by atoms with E-state index >= 15 is 0 Å². The van der Waals surface area contributed by atoms with Gasteiger partial charge in [0.25, 0.3) is 5.91 Å². The molecule has 0 radical (unpaired) electrons. The van der Waals surface area contributed by atoms with Crippen LogP contribution in [-0.4, -0.2) is 50.7 Å². The molecular formula is C15H21N5O3. The van der Waals surface area contributed by atoms with Crippen LogP contribution in [0, 0.1) is 0 Å². The van der Waals surface area contributed by atoms with Gasteiger partial charge in [0.1, 0.15) is 5.71 Å². The lowest BCUT2D eigenvalue weighted by atomic mass is 10.1. The first-order chi connectivity index (χ1) is 11.1. The van der Waals surface area contributed by atoms with Crippen molar-refractivity contribution in [2.24, 2.45) is 5.10 Å². The first kappa shape index (κ1) is 15.6. The van der Waals surface area contributed by atoms with E-state index in [2.05, 4.69) is 15.2 Å². The molecule has 0 N–H and O–H groups in total. The zero-order chi connectivity index (χ0) is 16.4. The topological polar surface area (TPSA) is 91.9 Å². The molecule has 0 aliphatic carbocycles. The van der Waals surface area contributed by atoms with E-state index in [0.29, 0.717) is 49.8 Å². The molecule has 0 unspecified atom stereocenters. The second-order valence-electron chi connectivity index (χ2n) is 5.71. The van der Waals surface area contributed by atoms with Crippen molar-refractivity contribution in [1.29, 1.82) is 0 Å². The molecule has 3 rings (SSSR count). The van der Waals surface area contributed by atoms with Gasteiger partial charge in [-0.2, -0.15) is 10.1 Å². The number of likely N-dealkylation sites (tertiary alicyclic amines) is 1. The Bertz CT molecular complexity index is 639. The molecule has 0 aromatic carbocycles. The average molecular weight is 319 g/mol. The van der Waals surface area contributed by atoms with Gasteiger partial charge in [0.05, 0.1) is 6.04 Å². The minimum atomic E-state index is -0.165. The lowest BCUT2D eigenvalue weighted by molar-refractivity contribution is -0.132. The largest absolute Gasteiger partial charge is 0.339 e. The molecule has 1 saturated heterocycles. The lowest BCUT2D eigenvalue weighted by Crippen LogP contribution is -2.41. The van der Waals surface area contributed by atoms with Gasteiger partial charge in [-0.1, -0.05) is 12.1 Å². The Morgan fingerprint density at radius 1 is 1.35 bits per heavy atom. The van der Waals surface area contributed by atoms with Crippen LogP contribution in [-0.2, 0) is 16.0 Å². The maximum absolute atomic E-state index is 12.8. The van der Waals surface area contributed by atoms with Gasteiger partial charge in [0, 0.05) is 32.4 Å². The molecule has 2 aliphatic heterocycles. The summed E-state index contributed by atoms with van der Waals surface area (Å²) in [5.74, 6) is 0.985. The zero-order valence-corrected chi connectivity index (χ0v) is 13.5. The number of hydrogen-bond acceptors (Lipinski definition) is 6. The van der Waals surface area contributed by atoms with Crippen molar-refractivity contribution in [2.75, 3.05) is 13.1 Å². The maximum atomic E-state index is 12.8. The lowest BCUT2D eigenvalue weighted by Gasteiger charge is -2.26. The minimum absolute atomic E-state index is 0.0345. The third-order valence-electron chi connectivity index (χ3n) is 4.25. The fourth-order valence-electron chi connectivity index (χ4n) is 2.99. The summed E-state index contributed by atoms with van der Waals surface area (Å²) in [6.07, 6.45) is 3.12. The SMILES string of the molecule is CCc1nc([C@H]2CCCN2C(=O)C2=NN(CC)C(=O)CC2)no1. The van der Waals surface area contributed by atoms with E-state index < -0.39 is 0 Å². The molecule has 8 nitrogen and oxygen atoms in total. The smallest absolute Gasteiger partial charge is 0.270 e. The van der Waals surface area contributed by atoms with Gasteiger partial charge in [-0.3, -0.25) is 9.59 Å². The average Bonchev–Trinajstić information content (AvgIpc) is 3.23. The number of hydrazone groups is 1. The fourth-order valence-corrected chi connectivity index (χ4v) is 2.99. The van der Waals surface area contributed by atoms with E-state index in [0.717, 1.165) is 12.8 Å². The number of hydrogen-bond donors (Lipinski definition) is 0. The molecule has 8 heteroatoms. The van der Waals surface area contributed by atoms with Gasteiger partial charge in [-0.15, -0.1) is 0 Å². The normalized spacial score (nSPS) is 21.7. The molecule has 1 aromatic heterocycles. The minimum Gasteiger partial charge on any atom is -0.339 e. The third kappa shape index (κ3) is 2.97. The van der Waals surface area contributed by atoms with E-state index in [1.165, 1.54) is 5.01 Å². The second-order valence-corrected chi connectivity index (χ2v) is 5.71. The highest BCUT2D eigenvalue weighted by Gasteiger charge is 2.36. The molecule has 3 heterocycles. The Morgan fingerprint density at radius 3 is 2.87 bits per heavy atom. The summed E-state index contributed by atoms with van der Waals surface area (Å²) in [4.78, 5) is 30.6. The summed E-state index contributed by atoms with van der Waals surface area (Å²) in [7, 11) is 0. The number of rotatable bonds is 4. The van der Waals surface area contributed by atoms with Crippen molar-refractivity contribution in [2.45, 2.75) is 52.0 Å². The Kier molecular flexibility index (Phi) is 4.40. The number of aromatic nitrogens is 2. The Hall–Kier alpha value is -2.25. The molecule has 2 aliphatic rings. The quantitative estimate of drug-likeness (QED) is 0.834. The Morgan fingerprint density at radius 2 is 2.17 bits per heavy atom. The predicted molar refractivity (Wildman–Crippen MR) is 81.4 cm³/mol. The predicted octanol–water partition coefficient (Wildman–Crippen LogP) is 1.29. The van der Waals surface area contributed by atoms with Crippen LogP contribution in [0.3, 0.4) is 0 Å². The second kappa shape index (κ2) is 6.47. The molecule has 1 fully saturated rings. The van der Waals surface area contributed by atoms with Crippen molar-refractivity contribution in [3.8, 4) is 0 Å². The van der Waals surface area contributed by atoms with Crippen molar-refractivity contribution >= 4 is 17.5 Å². The van der Waals surface area contributed by atoms with Gasteiger partial charge in [0.15, 0.2) is 5.82 Å². The van der Waals surface area contributed by atoms with E-state index in [-0.39, 0.29) is 17.9 Å². The highest BCUT2D eigenvalue weighted by molar-refractivity contribution is 6.39. The maximum Gasteiger partial charge on any atom is 0.270 e. The van der Waals surface area contributed by atoms with Crippen LogP contribution >= 0.6 is 0 Å². The summed E-state index contributed by atoms with van der Waals surface area (Å²) in [6.45, 7) is 4.92. The third-order valence-corrected chi connectivity index (χ3v) is 4.25. The van der Waals surface area contributed by atoms with Gasteiger partial charge in [-0.25, -0.2) is 5.01 Å².